The second-order valence-electron chi connectivity index (χ2n) is 7.50. The summed E-state index contributed by atoms with van der Waals surface area (Å²) in [7, 11) is -5.54. The molecule has 24 heavy (non-hydrogen) atoms. The summed E-state index contributed by atoms with van der Waals surface area (Å²) < 4.78 is 27.5. The molecule has 0 aliphatic heterocycles. The van der Waals surface area contributed by atoms with E-state index in [0.717, 1.165) is 11.1 Å². The second kappa shape index (κ2) is 7.75. The van der Waals surface area contributed by atoms with Gasteiger partial charge < -0.3 is 0 Å². The Bertz CT molecular complexity index is 719. The fourth-order valence-corrected chi connectivity index (χ4v) is 9.69. The Morgan fingerprint density at radius 2 is 1.42 bits per heavy atom. The van der Waals surface area contributed by atoms with Crippen molar-refractivity contribution in [2.24, 2.45) is 0 Å². The summed E-state index contributed by atoms with van der Waals surface area (Å²) in [6.07, 6.45) is 0. The van der Waals surface area contributed by atoms with Crippen LogP contribution in [-0.2, 0) is 10.0 Å². The molecule has 0 saturated carbocycles. The van der Waals surface area contributed by atoms with Crippen LogP contribution in [0.15, 0.2) is 23.1 Å². The normalized spacial score (nSPS) is 12.5. The van der Waals surface area contributed by atoms with E-state index in [0.29, 0.717) is 16.6 Å². The molecule has 1 aromatic carbocycles. The summed E-state index contributed by atoms with van der Waals surface area (Å²) in [6.45, 7) is 17.1. The zero-order valence-corrected chi connectivity index (χ0v) is 18.0. The Morgan fingerprint density at radius 1 is 0.917 bits per heavy atom. The van der Waals surface area contributed by atoms with E-state index < -0.39 is 18.1 Å². The van der Waals surface area contributed by atoms with Crippen molar-refractivity contribution in [3.63, 3.8) is 0 Å². The predicted octanol–water partition coefficient (Wildman–Crippen LogP) is 4.76. The first-order valence-electron chi connectivity index (χ1n) is 8.56. The van der Waals surface area contributed by atoms with Gasteiger partial charge in [0, 0.05) is 6.04 Å². The maximum Gasteiger partial charge on any atom is 0.268 e. The van der Waals surface area contributed by atoms with E-state index in [-0.39, 0.29) is 4.90 Å². The maximum atomic E-state index is 12.5. The molecule has 0 saturated heterocycles. The van der Waals surface area contributed by atoms with Gasteiger partial charge >= 0.3 is 0 Å². The van der Waals surface area contributed by atoms with Crippen LogP contribution in [0.4, 0.5) is 0 Å². The van der Waals surface area contributed by atoms with Crippen molar-refractivity contribution >= 4 is 18.1 Å². The van der Waals surface area contributed by atoms with Crippen LogP contribution in [0.5, 0.6) is 0 Å². The summed E-state index contributed by atoms with van der Waals surface area (Å²) in [5.41, 5.74) is 6.82. The highest BCUT2D eigenvalue weighted by molar-refractivity contribution is 7.89. The second-order valence-corrected chi connectivity index (χ2v) is 14.8. The van der Waals surface area contributed by atoms with Crippen molar-refractivity contribution in [1.29, 1.82) is 0 Å². The highest BCUT2D eigenvalue weighted by atomic mass is 32.2. The van der Waals surface area contributed by atoms with Gasteiger partial charge in [0.2, 0.25) is 0 Å². The van der Waals surface area contributed by atoms with Gasteiger partial charge in [-0.2, -0.15) is 0 Å². The smallest absolute Gasteiger partial charge is 0.238 e. The third kappa shape index (κ3) is 4.23. The van der Waals surface area contributed by atoms with Gasteiger partial charge in [-0.05, 0) is 53.7 Å². The SMILES string of the molecule is Cc1ccc(S(=O)(=O)NC#C[Si](C(C)C)(C(C)C)C(C)C)cc1C. The Kier molecular flexibility index (Phi) is 6.72. The third-order valence-corrected chi connectivity index (χ3v) is 12.7. The van der Waals surface area contributed by atoms with Crippen LogP contribution >= 0.6 is 0 Å². The van der Waals surface area contributed by atoms with E-state index in [1.807, 2.05) is 19.9 Å². The number of sulfonamides is 1. The molecular weight excluding hydrogens is 334 g/mol. The summed E-state index contributed by atoms with van der Waals surface area (Å²) in [6, 6.07) is 7.96. The fourth-order valence-electron chi connectivity index (χ4n) is 3.57. The lowest BCUT2D eigenvalue weighted by Gasteiger charge is -2.37. The van der Waals surface area contributed by atoms with Gasteiger partial charge in [0.1, 0.15) is 8.07 Å². The number of hydrogen-bond donors (Lipinski definition) is 1. The number of rotatable bonds is 5. The summed E-state index contributed by atoms with van der Waals surface area (Å²) >= 11 is 0. The van der Waals surface area contributed by atoms with Gasteiger partial charge in [0.15, 0.2) is 0 Å². The van der Waals surface area contributed by atoms with Crippen LogP contribution in [-0.4, -0.2) is 16.5 Å². The largest absolute Gasteiger partial charge is 0.268 e. The van der Waals surface area contributed by atoms with Gasteiger partial charge in [0.05, 0.1) is 4.90 Å². The van der Waals surface area contributed by atoms with Crippen molar-refractivity contribution < 1.29 is 8.42 Å². The topological polar surface area (TPSA) is 46.2 Å². The molecule has 0 aromatic heterocycles. The molecule has 0 bridgehead atoms. The molecule has 0 atom stereocenters. The standard InChI is InChI=1S/C19H31NO2SSi/c1-14(2)24(15(3)4,16(5)6)12-11-20-23(21,22)19-10-9-17(7)18(8)13-19/h9-10,13-16,20H,1-8H3. The Morgan fingerprint density at radius 3 is 1.83 bits per heavy atom. The van der Waals surface area contributed by atoms with Crippen LogP contribution in [0.3, 0.4) is 0 Å². The maximum absolute atomic E-state index is 12.5. The molecule has 1 aromatic rings. The number of hydrogen-bond acceptors (Lipinski definition) is 2. The molecule has 1 rings (SSSR count). The first kappa shape index (κ1) is 20.8. The van der Waals surface area contributed by atoms with E-state index in [2.05, 4.69) is 57.9 Å². The van der Waals surface area contributed by atoms with Crippen LogP contribution in [0, 0.1) is 25.4 Å². The van der Waals surface area contributed by atoms with Crippen molar-refractivity contribution in [2.45, 2.75) is 76.9 Å². The summed E-state index contributed by atoms with van der Waals surface area (Å²) in [5.74, 6) is 0. The minimum absolute atomic E-state index is 0.269. The zero-order chi connectivity index (χ0) is 18.7. The minimum Gasteiger partial charge on any atom is -0.238 e. The molecule has 0 heterocycles. The monoisotopic (exact) mass is 365 g/mol. The number of aryl methyl sites for hydroxylation is 2. The van der Waals surface area contributed by atoms with Gasteiger partial charge in [-0.3, -0.25) is 0 Å². The molecule has 134 valence electrons. The fraction of sp³-hybridized carbons (Fsp3) is 0.579. The predicted molar refractivity (Wildman–Crippen MR) is 105 cm³/mol. The molecule has 0 radical (unpaired) electrons. The molecular formula is C19H31NO2SSi. The number of nitrogens with one attached hydrogen (secondary N) is 1. The molecule has 5 heteroatoms. The van der Waals surface area contributed by atoms with Crippen LogP contribution in [0.25, 0.3) is 0 Å². The summed E-state index contributed by atoms with van der Waals surface area (Å²) in [4.78, 5) is 0.269. The highest BCUT2D eigenvalue weighted by Crippen LogP contribution is 2.40. The minimum atomic E-state index is -3.60. The average molecular weight is 366 g/mol. The molecule has 0 aliphatic carbocycles. The number of benzene rings is 1. The lowest BCUT2D eigenvalue weighted by atomic mass is 10.1. The third-order valence-electron chi connectivity index (χ3n) is 5.12. The first-order valence-corrected chi connectivity index (χ1v) is 12.3. The van der Waals surface area contributed by atoms with Crippen molar-refractivity contribution in [3.05, 3.63) is 29.3 Å². The lowest BCUT2D eigenvalue weighted by Crippen LogP contribution is -2.43. The molecule has 0 aliphatic rings. The molecule has 0 spiro atoms. The summed E-state index contributed by atoms with van der Waals surface area (Å²) in [5, 5.41) is 0. The van der Waals surface area contributed by atoms with Crippen molar-refractivity contribution in [2.75, 3.05) is 0 Å². The molecule has 1 N–H and O–H groups in total. The zero-order valence-electron chi connectivity index (χ0n) is 16.2. The van der Waals surface area contributed by atoms with E-state index in [1.54, 1.807) is 12.1 Å². The Hall–Kier alpha value is -1.25. The molecule has 0 fully saturated rings. The molecule has 0 unspecified atom stereocenters. The van der Waals surface area contributed by atoms with Gasteiger partial charge in [-0.1, -0.05) is 47.6 Å². The van der Waals surface area contributed by atoms with Crippen molar-refractivity contribution in [3.8, 4) is 11.6 Å². The molecule has 3 nitrogen and oxygen atoms in total. The van der Waals surface area contributed by atoms with Gasteiger partial charge in [-0.15, -0.1) is 5.54 Å². The van der Waals surface area contributed by atoms with Crippen LogP contribution < -0.4 is 4.72 Å². The van der Waals surface area contributed by atoms with Crippen molar-refractivity contribution in [1.82, 2.24) is 4.72 Å². The Labute approximate surface area is 149 Å². The highest BCUT2D eigenvalue weighted by Gasteiger charge is 2.41. The van der Waals surface area contributed by atoms with Gasteiger partial charge in [-0.25, -0.2) is 13.1 Å². The van der Waals surface area contributed by atoms with Crippen LogP contribution in [0.2, 0.25) is 16.6 Å². The van der Waals surface area contributed by atoms with E-state index in [4.69, 9.17) is 0 Å². The Balaban J connectivity index is 3.18. The van der Waals surface area contributed by atoms with Gasteiger partial charge in [0.25, 0.3) is 10.0 Å². The quantitative estimate of drug-likeness (QED) is 0.464. The van der Waals surface area contributed by atoms with E-state index >= 15 is 0 Å². The van der Waals surface area contributed by atoms with E-state index in [9.17, 15) is 8.42 Å². The first-order chi connectivity index (χ1) is 10.9. The average Bonchev–Trinajstić information content (AvgIpc) is 2.45. The van der Waals surface area contributed by atoms with Crippen LogP contribution in [0.1, 0.15) is 52.7 Å². The van der Waals surface area contributed by atoms with E-state index in [1.165, 1.54) is 0 Å². The lowest BCUT2D eigenvalue weighted by molar-refractivity contribution is 0.591. The molecule has 0 amide bonds.